The van der Waals surface area contributed by atoms with Crippen molar-refractivity contribution in [2.24, 2.45) is 0 Å². The number of anilines is 1. The van der Waals surface area contributed by atoms with Gasteiger partial charge in [-0.15, -0.1) is 11.3 Å². The van der Waals surface area contributed by atoms with E-state index in [2.05, 4.69) is 22.2 Å². The number of aromatic nitrogens is 2. The Balaban J connectivity index is 2.11. The van der Waals surface area contributed by atoms with E-state index in [1.165, 1.54) is 6.33 Å². The fourth-order valence-electron chi connectivity index (χ4n) is 1.63. The van der Waals surface area contributed by atoms with E-state index < -0.39 is 0 Å². The third kappa shape index (κ3) is 3.34. The SMILES string of the molecule is CCCc1c(Cl)ncnc1NCc1ccc(Cl)s1. The second-order valence-corrected chi connectivity index (χ2v) is 5.96. The van der Waals surface area contributed by atoms with Crippen LogP contribution in [0.25, 0.3) is 0 Å². The van der Waals surface area contributed by atoms with Crippen LogP contribution < -0.4 is 5.32 Å². The summed E-state index contributed by atoms with van der Waals surface area (Å²) >= 11 is 13.5. The standard InChI is InChI=1S/C12H13Cl2N3S/c1-2-3-9-11(14)16-7-17-12(9)15-6-8-4-5-10(13)18-8/h4-5,7H,2-3,6H2,1H3,(H,15,16,17). The molecular weight excluding hydrogens is 289 g/mol. The summed E-state index contributed by atoms with van der Waals surface area (Å²) in [4.78, 5) is 9.42. The molecule has 3 nitrogen and oxygen atoms in total. The molecule has 0 aliphatic carbocycles. The zero-order chi connectivity index (χ0) is 13.0. The zero-order valence-electron chi connectivity index (χ0n) is 9.91. The smallest absolute Gasteiger partial charge is 0.137 e. The molecule has 0 radical (unpaired) electrons. The van der Waals surface area contributed by atoms with Crippen LogP contribution in [0.4, 0.5) is 5.82 Å². The highest BCUT2D eigenvalue weighted by Gasteiger charge is 2.09. The van der Waals surface area contributed by atoms with Gasteiger partial charge in [0.15, 0.2) is 0 Å². The molecule has 0 spiro atoms. The summed E-state index contributed by atoms with van der Waals surface area (Å²) in [6.07, 6.45) is 3.35. The predicted octanol–water partition coefficient (Wildman–Crippen LogP) is 4.41. The van der Waals surface area contributed by atoms with Gasteiger partial charge in [0.1, 0.15) is 17.3 Å². The number of rotatable bonds is 5. The average Bonchev–Trinajstić information content (AvgIpc) is 2.76. The molecule has 2 rings (SSSR count). The van der Waals surface area contributed by atoms with Crippen LogP contribution in [0.5, 0.6) is 0 Å². The Morgan fingerprint density at radius 2 is 2.11 bits per heavy atom. The van der Waals surface area contributed by atoms with E-state index >= 15 is 0 Å². The van der Waals surface area contributed by atoms with Crippen LogP contribution in [0.3, 0.4) is 0 Å². The lowest BCUT2D eigenvalue weighted by Crippen LogP contribution is -2.05. The molecule has 96 valence electrons. The van der Waals surface area contributed by atoms with Crippen molar-refractivity contribution in [3.8, 4) is 0 Å². The van der Waals surface area contributed by atoms with Crippen LogP contribution >= 0.6 is 34.5 Å². The van der Waals surface area contributed by atoms with Gasteiger partial charge in [-0.05, 0) is 18.6 Å². The van der Waals surface area contributed by atoms with Crippen molar-refractivity contribution in [1.29, 1.82) is 0 Å². The summed E-state index contributed by atoms with van der Waals surface area (Å²) in [5.74, 6) is 0.807. The Labute approximate surface area is 120 Å². The molecule has 0 atom stereocenters. The summed E-state index contributed by atoms with van der Waals surface area (Å²) in [5.41, 5.74) is 0.976. The molecule has 2 aromatic rings. The molecule has 18 heavy (non-hydrogen) atoms. The summed E-state index contributed by atoms with van der Waals surface area (Å²) < 4.78 is 0.793. The van der Waals surface area contributed by atoms with Crippen molar-refractivity contribution >= 4 is 40.4 Å². The van der Waals surface area contributed by atoms with Crippen LogP contribution in [-0.4, -0.2) is 9.97 Å². The number of nitrogens with one attached hydrogen (secondary N) is 1. The Bertz CT molecular complexity index is 528. The molecule has 6 heteroatoms. The first-order chi connectivity index (χ1) is 8.70. The van der Waals surface area contributed by atoms with Crippen molar-refractivity contribution in [2.45, 2.75) is 26.3 Å². The maximum absolute atomic E-state index is 6.08. The van der Waals surface area contributed by atoms with Crippen molar-refractivity contribution in [3.63, 3.8) is 0 Å². The Morgan fingerprint density at radius 3 is 2.78 bits per heavy atom. The second-order valence-electron chi connectivity index (χ2n) is 3.80. The molecule has 2 aromatic heterocycles. The largest absolute Gasteiger partial charge is 0.365 e. The molecule has 0 aromatic carbocycles. The van der Waals surface area contributed by atoms with Gasteiger partial charge in [0, 0.05) is 10.4 Å². The van der Waals surface area contributed by atoms with Gasteiger partial charge in [0.05, 0.1) is 10.9 Å². The van der Waals surface area contributed by atoms with E-state index in [1.807, 2.05) is 12.1 Å². The minimum absolute atomic E-state index is 0.526. The predicted molar refractivity (Wildman–Crippen MR) is 77.7 cm³/mol. The minimum Gasteiger partial charge on any atom is -0.365 e. The molecule has 0 unspecified atom stereocenters. The first kappa shape index (κ1) is 13.6. The number of thiophene rings is 1. The lowest BCUT2D eigenvalue weighted by Gasteiger charge is -2.10. The van der Waals surface area contributed by atoms with E-state index in [0.29, 0.717) is 11.7 Å². The van der Waals surface area contributed by atoms with Gasteiger partial charge in [-0.3, -0.25) is 0 Å². The molecule has 0 aliphatic rings. The van der Waals surface area contributed by atoms with Gasteiger partial charge in [0.25, 0.3) is 0 Å². The molecule has 0 fully saturated rings. The highest BCUT2D eigenvalue weighted by atomic mass is 35.5. The summed E-state index contributed by atoms with van der Waals surface area (Å²) in [6.45, 7) is 2.80. The average molecular weight is 302 g/mol. The molecule has 0 amide bonds. The van der Waals surface area contributed by atoms with Crippen LogP contribution in [0.2, 0.25) is 9.49 Å². The van der Waals surface area contributed by atoms with Crippen molar-refractivity contribution in [2.75, 3.05) is 5.32 Å². The third-order valence-corrected chi connectivity index (χ3v) is 4.01. The van der Waals surface area contributed by atoms with Gasteiger partial charge in [-0.2, -0.15) is 0 Å². The lowest BCUT2D eigenvalue weighted by molar-refractivity contribution is 0.898. The molecule has 0 saturated heterocycles. The number of halogens is 2. The van der Waals surface area contributed by atoms with E-state index in [1.54, 1.807) is 11.3 Å². The van der Waals surface area contributed by atoms with E-state index in [0.717, 1.165) is 33.4 Å². The first-order valence-electron chi connectivity index (χ1n) is 5.68. The molecule has 1 N–H and O–H groups in total. The molecule has 0 saturated carbocycles. The summed E-state index contributed by atoms with van der Waals surface area (Å²) in [7, 11) is 0. The van der Waals surface area contributed by atoms with Crippen LogP contribution in [0.1, 0.15) is 23.8 Å². The summed E-state index contributed by atoms with van der Waals surface area (Å²) in [6, 6.07) is 3.89. The maximum Gasteiger partial charge on any atom is 0.137 e. The Hall–Kier alpha value is -0.840. The Kier molecular flexibility index (Phi) is 4.80. The minimum atomic E-state index is 0.526. The van der Waals surface area contributed by atoms with Gasteiger partial charge in [0.2, 0.25) is 0 Å². The van der Waals surface area contributed by atoms with E-state index in [4.69, 9.17) is 23.2 Å². The number of hydrogen-bond donors (Lipinski definition) is 1. The second kappa shape index (κ2) is 6.36. The van der Waals surface area contributed by atoms with E-state index in [9.17, 15) is 0 Å². The van der Waals surface area contributed by atoms with E-state index in [-0.39, 0.29) is 0 Å². The monoisotopic (exact) mass is 301 g/mol. The van der Waals surface area contributed by atoms with Gasteiger partial charge in [-0.25, -0.2) is 9.97 Å². The Morgan fingerprint density at radius 1 is 1.28 bits per heavy atom. The highest BCUT2D eigenvalue weighted by molar-refractivity contribution is 7.16. The first-order valence-corrected chi connectivity index (χ1v) is 7.25. The van der Waals surface area contributed by atoms with Crippen molar-refractivity contribution < 1.29 is 0 Å². The van der Waals surface area contributed by atoms with Crippen molar-refractivity contribution in [3.05, 3.63) is 38.4 Å². The normalized spacial score (nSPS) is 10.6. The zero-order valence-corrected chi connectivity index (χ0v) is 12.2. The topological polar surface area (TPSA) is 37.8 Å². The number of hydrogen-bond acceptors (Lipinski definition) is 4. The lowest BCUT2D eigenvalue weighted by atomic mass is 10.2. The van der Waals surface area contributed by atoms with Gasteiger partial charge in [-0.1, -0.05) is 36.5 Å². The highest BCUT2D eigenvalue weighted by Crippen LogP contribution is 2.25. The molecular formula is C12H13Cl2N3S. The van der Waals surface area contributed by atoms with Crippen LogP contribution in [-0.2, 0) is 13.0 Å². The van der Waals surface area contributed by atoms with Gasteiger partial charge >= 0.3 is 0 Å². The molecule has 0 aliphatic heterocycles. The van der Waals surface area contributed by atoms with Crippen LogP contribution in [0, 0.1) is 0 Å². The fourth-order valence-corrected chi connectivity index (χ4v) is 2.89. The third-order valence-electron chi connectivity index (χ3n) is 2.45. The molecule has 2 heterocycles. The maximum atomic E-state index is 6.08. The van der Waals surface area contributed by atoms with Gasteiger partial charge < -0.3 is 5.32 Å². The number of nitrogens with zero attached hydrogens (tertiary/aromatic N) is 2. The quantitative estimate of drug-likeness (QED) is 0.831. The van der Waals surface area contributed by atoms with Crippen molar-refractivity contribution in [1.82, 2.24) is 9.97 Å². The summed E-state index contributed by atoms with van der Waals surface area (Å²) in [5, 5.41) is 3.81. The van der Waals surface area contributed by atoms with Crippen LogP contribution in [0.15, 0.2) is 18.5 Å². The molecule has 0 bridgehead atoms. The fraction of sp³-hybridized carbons (Fsp3) is 0.333.